The van der Waals surface area contributed by atoms with Gasteiger partial charge in [0.25, 0.3) is 0 Å². The minimum absolute atomic E-state index is 0.0689. The molecule has 2 aliphatic carbocycles. The van der Waals surface area contributed by atoms with Crippen LogP contribution in [0.3, 0.4) is 0 Å². The molecule has 0 aromatic carbocycles. The lowest BCUT2D eigenvalue weighted by Gasteiger charge is -2.37. The molecule has 1 saturated heterocycles. The monoisotopic (exact) mass is 340 g/mol. The lowest BCUT2D eigenvalue weighted by atomic mass is 9.84. The molecule has 1 spiro atoms. The maximum atomic E-state index is 14.5. The van der Waals surface area contributed by atoms with Gasteiger partial charge in [-0.25, -0.2) is 0 Å². The van der Waals surface area contributed by atoms with Gasteiger partial charge in [-0.1, -0.05) is 26.0 Å². The van der Waals surface area contributed by atoms with Gasteiger partial charge in [0.05, 0.1) is 11.5 Å². The van der Waals surface area contributed by atoms with Gasteiger partial charge in [-0.05, 0) is 18.8 Å². The van der Waals surface area contributed by atoms with Crippen molar-refractivity contribution in [3.8, 4) is 0 Å². The first kappa shape index (κ1) is 16.7. The van der Waals surface area contributed by atoms with Crippen molar-refractivity contribution in [2.45, 2.75) is 56.6 Å². The Balaban J connectivity index is 2.01. The maximum Gasteiger partial charge on any atom is 0.462 e. The molecular weight excluding hydrogens is 323 g/mol. The highest BCUT2D eigenvalue weighted by Crippen LogP contribution is 2.64. The van der Waals surface area contributed by atoms with E-state index in [-0.39, 0.29) is 12.3 Å². The Morgan fingerprint density at radius 3 is 2.39 bits per heavy atom. The Bertz CT molecular complexity index is 556. The van der Waals surface area contributed by atoms with E-state index in [2.05, 4.69) is 4.74 Å². The van der Waals surface area contributed by atoms with Crippen LogP contribution in [0.4, 0.5) is 22.0 Å². The molecule has 4 atom stereocenters. The third-order valence-corrected chi connectivity index (χ3v) is 4.89. The van der Waals surface area contributed by atoms with Gasteiger partial charge in [0.2, 0.25) is 0 Å². The topological polar surface area (TPSA) is 35.5 Å². The standard InChI is InChI=1S/C15H17F5O3/c1-8(2)11(21)22-14(15(18,19)20)13(16,17)7-12(23-14)6-9-3-4-10(12)5-9/h3-4,8-10H,5-7H2,1-2H3. The smallest absolute Gasteiger partial charge is 0.418 e. The molecule has 2 fully saturated rings. The lowest BCUT2D eigenvalue weighted by molar-refractivity contribution is -0.415. The van der Waals surface area contributed by atoms with E-state index in [1.54, 1.807) is 6.08 Å². The van der Waals surface area contributed by atoms with Crippen LogP contribution in [-0.2, 0) is 14.3 Å². The summed E-state index contributed by atoms with van der Waals surface area (Å²) < 4.78 is 78.7. The van der Waals surface area contributed by atoms with E-state index in [1.165, 1.54) is 13.8 Å². The van der Waals surface area contributed by atoms with Crippen molar-refractivity contribution in [1.29, 1.82) is 0 Å². The third-order valence-electron chi connectivity index (χ3n) is 4.89. The fourth-order valence-corrected chi connectivity index (χ4v) is 3.80. The molecule has 1 heterocycles. The number of halogens is 5. The minimum Gasteiger partial charge on any atom is -0.418 e. The summed E-state index contributed by atoms with van der Waals surface area (Å²) in [5.41, 5.74) is -1.63. The van der Waals surface area contributed by atoms with Crippen LogP contribution in [-0.4, -0.2) is 29.5 Å². The van der Waals surface area contributed by atoms with Gasteiger partial charge in [-0.15, -0.1) is 0 Å². The zero-order valence-corrected chi connectivity index (χ0v) is 12.6. The molecular formula is C15H17F5O3. The Morgan fingerprint density at radius 1 is 1.30 bits per heavy atom. The highest BCUT2D eigenvalue weighted by molar-refractivity contribution is 5.72. The van der Waals surface area contributed by atoms with Gasteiger partial charge in [-0.3, -0.25) is 4.79 Å². The predicted molar refractivity (Wildman–Crippen MR) is 68.5 cm³/mol. The Labute approximate surface area is 129 Å². The maximum absolute atomic E-state index is 14.5. The molecule has 0 amide bonds. The van der Waals surface area contributed by atoms with Gasteiger partial charge in [-0.2, -0.15) is 22.0 Å². The molecule has 130 valence electrons. The number of allylic oxidation sites excluding steroid dienone is 1. The Morgan fingerprint density at radius 2 is 1.96 bits per heavy atom. The summed E-state index contributed by atoms with van der Waals surface area (Å²) in [4.78, 5) is 11.7. The highest BCUT2D eigenvalue weighted by atomic mass is 19.4. The van der Waals surface area contributed by atoms with Crippen LogP contribution >= 0.6 is 0 Å². The SMILES string of the molecule is CC(C)C(=O)OC1(C(F)(F)F)OC2(CC3C=CC2C3)CC1(F)F. The van der Waals surface area contributed by atoms with E-state index >= 15 is 0 Å². The van der Waals surface area contributed by atoms with E-state index in [4.69, 9.17) is 4.74 Å². The largest absolute Gasteiger partial charge is 0.462 e. The van der Waals surface area contributed by atoms with Crippen molar-refractivity contribution in [3.05, 3.63) is 12.2 Å². The number of rotatable bonds is 2. The van der Waals surface area contributed by atoms with Crippen LogP contribution in [0.15, 0.2) is 12.2 Å². The van der Waals surface area contributed by atoms with E-state index in [0.29, 0.717) is 6.42 Å². The molecule has 1 saturated carbocycles. The fraction of sp³-hybridized carbons (Fsp3) is 0.800. The van der Waals surface area contributed by atoms with Gasteiger partial charge in [0, 0.05) is 12.3 Å². The molecule has 0 radical (unpaired) electrons. The number of hydrogen-bond donors (Lipinski definition) is 0. The average molecular weight is 340 g/mol. The van der Waals surface area contributed by atoms with Crippen molar-refractivity contribution in [1.82, 2.24) is 0 Å². The van der Waals surface area contributed by atoms with E-state index in [0.717, 1.165) is 0 Å². The average Bonchev–Trinajstić information content (AvgIpc) is 3.00. The quantitative estimate of drug-likeness (QED) is 0.435. The molecule has 2 bridgehead atoms. The number of hydrogen-bond acceptors (Lipinski definition) is 3. The van der Waals surface area contributed by atoms with E-state index in [1.807, 2.05) is 6.08 Å². The molecule has 4 unspecified atom stereocenters. The molecule has 3 nitrogen and oxygen atoms in total. The number of carbonyl (C=O) groups excluding carboxylic acids is 1. The van der Waals surface area contributed by atoms with E-state index < -0.39 is 47.7 Å². The molecule has 8 heteroatoms. The predicted octanol–water partition coefficient (Wildman–Crippen LogP) is 3.83. The van der Waals surface area contributed by atoms with Gasteiger partial charge >= 0.3 is 23.9 Å². The third kappa shape index (κ3) is 2.21. The van der Waals surface area contributed by atoms with Crippen LogP contribution in [0.5, 0.6) is 0 Å². The zero-order chi connectivity index (χ0) is 17.3. The summed E-state index contributed by atoms with van der Waals surface area (Å²) >= 11 is 0. The van der Waals surface area contributed by atoms with Crippen LogP contribution in [0, 0.1) is 17.8 Å². The molecule has 1 aliphatic heterocycles. The number of fused-ring (bicyclic) bond motifs is 3. The van der Waals surface area contributed by atoms with Crippen LogP contribution < -0.4 is 0 Å². The van der Waals surface area contributed by atoms with Crippen LogP contribution in [0.2, 0.25) is 0 Å². The first-order valence-electron chi connectivity index (χ1n) is 7.48. The normalized spacial score (nSPS) is 41.2. The van der Waals surface area contributed by atoms with Crippen molar-refractivity contribution >= 4 is 5.97 Å². The molecule has 0 aromatic rings. The van der Waals surface area contributed by atoms with Gasteiger partial charge in [0.1, 0.15) is 0 Å². The van der Waals surface area contributed by atoms with Crippen LogP contribution in [0.25, 0.3) is 0 Å². The molecule has 23 heavy (non-hydrogen) atoms. The number of ether oxygens (including phenoxy) is 2. The fourth-order valence-electron chi connectivity index (χ4n) is 3.80. The number of alkyl halides is 5. The van der Waals surface area contributed by atoms with Crippen molar-refractivity contribution < 1.29 is 36.2 Å². The zero-order valence-electron chi connectivity index (χ0n) is 12.6. The number of carbonyl (C=O) groups is 1. The summed E-state index contributed by atoms with van der Waals surface area (Å²) in [7, 11) is 0. The molecule has 0 aromatic heterocycles. The Kier molecular flexibility index (Phi) is 3.39. The minimum atomic E-state index is -5.53. The van der Waals surface area contributed by atoms with Crippen LogP contribution in [0.1, 0.15) is 33.1 Å². The molecule has 0 N–H and O–H groups in total. The van der Waals surface area contributed by atoms with Gasteiger partial charge < -0.3 is 9.47 Å². The summed E-state index contributed by atoms with van der Waals surface area (Å²) in [6, 6.07) is 0. The summed E-state index contributed by atoms with van der Waals surface area (Å²) in [5.74, 6) is -11.5. The first-order chi connectivity index (χ1) is 10.4. The summed E-state index contributed by atoms with van der Waals surface area (Å²) in [6.07, 6.45) is -2.62. The van der Waals surface area contributed by atoms with E-state index in [9.17, 15) is 26.7 Å². The number of esters is 1. The van der Waals surface area contributed by atoms with Gasteiger partial charge in [0.15, 0.2) is 0 Å². The lowest BCUT2D eigenvalue weighted by Crippen LogP contribution is -2.60. The Hall–Kier alpha value is -1.18. The van der Waals surface area contributed by atoms with Crippen molar-refractivity contribution in [2.24, 2.45) is 17.8 Å². The summed E-state index contributed by atoms with van der Waals surface area (Å²) in [5, 5.41) is 0. The second kappa shape index (κ2) is 4.68. The second-order valence-corrected chi connectivity index (χ2v) is 6.93. The first-order valence-corrected chi connectivity index (χ1v) is 7.48. The molecule has 3 aliphatic rings. The van der Waals surface area contributed by atoms with Crippen molar-refractivity contribution in [2.75, 3.05) is 0 Å². The summed E-state index contributed by atoms with van der Waals surface area (Å²) in [6.45, 7) is 2.55. The highest BCUT2D eigenvalue weighted by Gasteiger charge is 2.83. The van der Waals surface area contributed by atoms with Crippen molar-refractivity contribution in [3.63, 3.8) is 0 Å². The molecule has 3 rings (SSSR count). The second-order valence-electron chi connectivity index (χ2n) is 6.93.